The predicted molar refractivity (Wildman–Crippen MR) is 126 cm³/mol. The molecule has 1 N–H and O–H groups in total. The molecule has 2 heterocycles. The van der Waals surface area contributed by atoms with Crippen LogP contribution in [0, 0.1) is 12.3 Å². The van der Waals surface area contributed by atoms with Crippen molar-refractivity contribution in [2.24, 2.45) is 5.41 Å². The number of esters is 1. The minimum absolute atomic E-state index is 0.0693. The summed E-state index contributed by atoms with van der Waals surface area (Å²) >= 11 is 1.63. The Morgan fingerprint density at radius 1 is 1.29 bits per heavy atom. The van der Waals surface area contributed by atoms with Gasteiger partial charge in [0.05, 0.1) is 12.2 Å². The van der Waals surface area contributed by atoms with Crippen LogP contribution in [0.5, 0.6) is 0 Å². The number of hydrogen-bond donors (Lipinski definition) is 1. The van der Waals surface area contributed by atoms with Gasteiger partial charge in [0, 0.05) is 33.5 Å². The van der Waals surface area contributed by atoms with Gasteiger partial charge in [0.1, 0.15) is 0 Å². The van der Waals surface area contributed by atoms with Crippen molar-refractivity contribution in [2.45, 2.75) is 79.4 Å². The molecule has 1 atom stereocenters. The first-order valence-corrected chi connectivity index (χ1v) is 11.9. The predicted octanol–water partition coefficient (Wildman–Crippen LogP) is 5.58. The Labute approximate surface area is 189 Å². The SMILES string of the molecule is CCOC(=O)C(OC(C)(C)C)c1c(C)sc(C2=CC(=O)NC2)c1C1=CCC(C)(C)CC1. The Hall–Kier alpha value is -1.92. The normalized spacial score (nSPS) is 19.5. The maximum atomic E-state index is 13.1. The molecule has 1 aromatic heterocycles. The molecule has 1 unspecified atom stereocenters. The molecule has 0 radical (unpaired) electrons. The summed E-state index contributed by atoms with van der Waals surface area (Å²) in [5.74, 6) is -0.433. The molecule has 1 aliphatic carbocycles. The molecule has 6 heteroatoms. The molecule has 1 aromatic rings. The van der Waals surface area contributed by atoms with Gasteiger partial charge in [0.25, 0.3) is 0 Å². The number of thiophene rings is 1. The fourth-order valence-corrected chi connectivity index (χ4v) is 5.34. The van der Waals surface area contributed by atoms with Crippen LogP contribution in [0.25, 0.3) is 11.1 Å². The molecule has 0 spiro atoms. The molecule has 0 saturated heterocycles. The summed E-state index contributed by atoms with van der Waals surface area (Å²) in [6.45, 7) is 15.1. The summed E-state index contributed by atoms with van der Waals surface area (Å²) in [5, 5.41) is 2.88. The minimum atomic E-state index is -0.804. The first-order chi connectivity index (χ1) is 14.4. The monoisotopic (exact) mass is 445 g/mol. The fraction of sp³-hybridized carbons (Fsp3) is 0.600. The Kier molecular flexibility index (Phi) is 6.82. The lowest BCUT2D eigenvalue weighted by molar-refractivity contribution is -0.166. The van der Waals surface area contributed by atoms with E-state index in [2.05, 4.69) is 25.2 Å². The number of carbonyl (C=O) groups is 2. The molecule has 2 aliphatic rings. The van der Waals surface area contributed by atoms with Crippen LogP contribution < -0.4 is 5.32 Å². The number of carbonyl (C=O) groups excluding carboxylic acids is 2. The third-order valence-corrected chi connectivity index (χ3v) is 6.90. The molecule has 31 heavy (non-hydrogen) atoms. The van der Waals surface area contributed by atoms with E-state index < -0.39 is 11.7 Å². The van der Waals surface area contributed by atoms with E-state index in [0.29, 0.717) is 13.2 Å². The zero-order valence-corrected chi connectivity index (χ0v) is 20.6. The first-order valence-electron chi connectivity index (χ1n) is 11.1. The van der Waals surface area contributed by atoms with E-state index in [-0.39, 0.29) is 17.3 Å². The molecule has 3 rings (SSSR count). The minimum Gasteiger partial charge on any atom is -0.464 e. The number of allylic oxidation sites excluding steroid dienone is 2. The van der Waals surface area contributed by atoms with Gasteiger partial charge in [-0.05, 0) is 70.4 Å². The zero-order chi connectivity index (χ0) is 23.0. The topological polar surface area (TPSA) is 64.6 Å². The van der Waals surface area contributed by atoms with Crippen molar-refractivity contribution in [1.29, 1.82) is 0 Å². The fourth-order valence-electron chi connectivity index (χ4n) is 4.11. The van der Waals surface area contributed by atoms with Crippen molar-refractivity contribution < 1.29 is 19.1 Å². The summed E-state index contributed by atoms with van der Waals surface area (Å²) in [5.41, 5.74) is 3.91. The van der Waals surface area contributed by atoms with Crippen molar-refractivity contribution in [1.82, 2.24) is 5.32 Å². The van der Waals surface area contributed by atoms with Crippen LogP contribution in [0.3, 0.4) is 0 Å². The van der Waals surface area contributed by atoms with Crippen molar-refractivity contribution in [2.75, 3.05) is 13.2 Å². The molecule has 0 fully saturated rings. The summed E-state index contributed by atoms with van der Waals surface area (Å²) in [6.07, 6.45) is 6.17. The van der Waals surface area contributed by atoms with Gasteiger partial charge in [-0.1, -0.05) is 19.9 Å². The highest BCUT2D eigenvalue weighted by atomic mass is 32.1. The summed E-state index contributed by atoms with van der Waals surface area (Å²) in [4.78, 5) is 27.0. The van der Waals surface area contributed by atoms with Gasteiger partial charge >= 0.3 is 5.97 Å². The lowest BCUT2D eigenvalue weighted by atomic mass is 9.76. The second kappa shape index (κ2) is 8.91. The number of hydrogen-bond acceptors (Lipinski definition) is 5. The van der Waals surface area contributed by atoms with Gasteiger partial charge in [-0.2, -0.15) is 0 Å². The van der Waals surface area contributed by atoms with Crippen LogP contribution >= 0.6 is 11.3 Å². The molecular formula is C25H35NO4S. The van der Waals surface area contributed by atoms with E-state index in [4.69, 9.17) is 9.47 Å². The van der Waals surface area contributed by atoms with Crippen LogP contribution in [0.15, 0.2) is 12.2 Å². The third kappa shape index (κ3) is 5.47. The lowest BCUT2D eigenvalue weighted by Crippen LogP contribution is -2.29. The van der Waals surface area contributed by atoms with E-state index in [0.717, 1.165) is 45.7 Å². The van der Waals surface area contributed by atoms with Crippen molar-refractivity contribution in [3.63, 3.8) is 0 Å². The molecule has 0 saturated carbocycles. The maximum absolute atomic E-state index is 13.1. The van der Waals surface area contributed by atoms with E-state index in [1.807, 2.05) is 34.6 Å². The number of rotatable bonds is 6. The van der Waals surface area contributed by atoms with Gasteiger partial charge in [-0.25, -0.2) is 4.79 Å². The molecule has 1 amide bonds. The summed E-state index contributed by atoms with van der Waals surface area (Å²) in [7, 11) is 0. The standard InChI is InChI=1S/C25H35NO4S/c1-8-29-23(28)21(30-24(3,4)5)19-15(2)31-22(17-13-18(27)26-14-17)20(19)16-9-11-25(6,7)12-10-16/h9,13,21H,8,10-12,14H2,1-7H3,(H,26,27). The van der Waals surface area contributed by atoms with Crippen LogP contribution in [0.2, 0.25) is 0 Å². The second-order valence-electron chi connectivity index (χ2n) is 10.1. The number of ether oxygens (including phenoxy) is 2. The van der Waals surface area contributed by atoms with Crippen molar-refractivity contribution >= 4 is 34.4 Å². The maximum Gasteiger partial charge on any atom is 0.340 e. The molecule has 1 aliphatic heterocycles. The molecule has 0 aromatic carbocycles. The summed E-state index contributed by atoms with van der Waals surface area (Å²) < 4.78 is 11.7. The van der Waals surface area contributed by atoms with Crippen molar-refractivity contribution in [3.8, 4) is 0 Å². The van der Waals surface area contributed by atoms with E-state index in [9.17, 15) is 9.59 Å². The number of amides is 1. The summed E-state index contributed by atoms with van der Waals surface area (Å²) in [6, 6.07) is 0. The highest BCUT2D eigenvalue weighted by Crippen LogP contribution is 2.47. The van der Waals surface area contributed by atoms with Crippen LogP contribution in [0.1, 0.15) is 87.8 Å². The molecule has 0 bridgehead atoms. The Balaban J connectivity index is 2.19. The zero-order valence-electron chi connectivity index (χ0n) is 19.8. The number of aryl methyl sites for hydroxylation is 1. The average molecular weight is 446 g/mol. The van der Waals surface area contributed by atoms with E-state index in [1.165, 1.54) is 5.57 Å². The molecular weight excluding hydrogens is 410 g/mol. The molecule has 5 nitrogen and oxygen atoms in total. The Morgan fingerprint density at radius 3 is 2.52 bits per heavy atom. The highest BCUT2D eigenvalue weighted by molar-refractivity contribution is 7.13. The Bertz CT molecular complexity index is 930. The second-order valence-corrected chi connectivity index (χ2v) is 11.3. The van der Waals surface area contributed by atoms with Crippen LogP contribution in [0.4, 0.5) is 0 Å². The van der Waals surface area contributed by atoms with Gasteiger partial charge in [-0.3, -0.25) is 4.79 Å². The van der Waals surface area contributed by atoms with E-state index in [1.54, 1.807) is 17.4 Å². The largest absolute Gasteiger partial charge is 0.464 e. The number of nitrogens with one attached hydrogen (secondary N) is 1. The Morgan fingerprint density at radius 2 is 2.00 bits per heavy atom. The quantitative estimate of drug-likeness (QED) is 0.580. The van der Waals surface area contributed by atoms with Crippen molar-refractivity contribution in [3.05, 3.63) is 33.0 Å². The van der Waals surface area contributed by atoms with Crippen LogP contribution in [-0.2, 0) is 19.1 Å². The van der Waals surface area contributed by atoms with Gasteiger partial charge in [0.15, 0.2) is 6.10 Å². The van der Waals surface area contributed by atoms with Crippen LogP contribution in [-0.4, -0.2) is 30.6 Å². The van der Waals surface area contributed by atoms with Gasteiger partial charge in [0.2, 0.25) is 5.91 Å². The first kappa shape index (κ1) is 23.7. The molecule has 170 valence electrons. The third-order valence-electron chi connectivity index (χ3n) is 5.71. The van der Waals surface area contributed by atoms with Gasteiger partial charge < -0.3 is 14.8 Å². The van der Waals surface area contributed by atoms with Gasteiger partial charge in [-0.15, -0.1) is 11.3 Å². The lowest BCUT2D eigenvalue weighted by Gasteiger charge is -2.31. The smallest absolute Gasteiger partial charge is 0.340 e. The highest BCUT2D eigenvalue weighted by Gasteiger charge is 2.36. The van der Waals surface area contributed by atoms with E-state index >= 15 is 0 Å². The average Bonchev–Trinajstić information content (AvgIpc) is 3.22.